The SMILES string of the molecule is CCCc1c(C(=O)O)ccn1CCN1CCCC1. The average Bonchev–Trinajstić information content (AvgIpc) is 2.95. The van der Waals surface area contributed by atoms with Crippen LogP contribution in [0.3, 0.4) is 0 Å². The summed E-state index contributed by atoms with van der Waals surface area (Å²) in [4.78, 5) is 13.6. The van der Waals surface area contributed by atoms with E-state index in [1.807, 2.05) is 6.20 Å². The Morgan fingerprint density at radius 1 is 1.33 bits per heavy atom. The van der Waals surface area contributed by atoms with Gasteiger partial charge in [0.05, 0.1) is 5.56 Å². The second kappa shape index (κ2) is 6.05. The summed E-state index contributed by atoms with van der Waals surface area (Å²) in [6.45, 7) is 6.41. The molecule has 1 aliphatic rings. The molecule has 0 radical (unpaired) electrons. The van der Waals surface area contributed by atoms with Gasteiger partial charge in [0.2, 0.25) is 0 Å². The first-order valence-corrected chi connectivity index (χ1v) is 6.86. The number of aromatic nitrogens is 1. The number of carboxylic acids is 1. The van der Waals surface area contributed by atoms with Crippen LogP contribution < -0.4 is 0 Å². The van der Waals surface area contributed by atoms with Crippen LogP contribution in [0.1, 0.15) is 42.2 Å². The maximum absolute atomic E-state index is 11.1. The molecule has 1 aliphatic heterocycles. The first-order valence-electron chi connectivity index (χ1n) is 6.86. The third-order valence-electron chi connectivity index (χ3n) is 3.65. The third-order valence-corrected chi connectivity index (χ3v) is 3.65. The Hall–Kier alpha value is -1.29. The van der Waals surface area contributed by atoms with Crippen molar-refractivity contribution in [3.63, 3.8) is 0 Å². The molecular weight excluding hydrogens is 228 g/mol. The molecule has 0 amide bonds. The van der Waals surface area contributed by atoms with E-state index in [9.17, 15) is 4.79 Å². The molecule has 2 rings (SSSR count). The van der Waals surface area contributed by atoms with Gasteiger partial charge in [-0.25, -0.2) is 4.79 Å². The van der Waals surface area contributed by atoms with E-state index >= 15 is 0 Å². The van der Waals surface area contributed by atoms with Gasteiger partial charge < -0.3 is 14.6 Å². The molecule has 1 N–H and O–H groups in total. The van der Waals surface area contributed by atoms with Crippen molar-refractivity contribution in [3.8, 4) is 0 Å². The Balaban J connectivity index is 2.04. The molecule has 1 aromatic heterocycles. The molecule has 18 heavy (non-hydrogen) atoms. The molecule has 4 heteroatoms. The number of hydrogen-bond donors (Lipinski definition) is 1. The van der Waals surface area contributed by atoms with Crippen LogP contribution in [0.15, 0.2) is 12.3 Å². The fourth-order valence-corrected chi connectivity index (χ4v) is 2.68. The number of nitrogens with zero attached hydrogens (tertiary/aromatic N) is 2. The normalized spacial score (nSPS) is 16.3. The number of likely N-dealkylation sites (tertiary alicyclic amines) is 1. The lowest BCUT2D eigenvalue weighted by atomic mass is 10.1. The van der Waals surface area contributed by atoms with E-state index in [0.717, 1.165) is 31.6 Å². The van der Waals surface area contributed by atoms with Gasteiger partial charge >= 0.3 is 5.97 Å². The van der Waals surface area contributed by atoms with Gasteiger partial charge in [0, 0.05) is 25.0 Å². The van der Waals surface area contributed by atoms with Crippen LogP contribution in [-0.2, 0) is 13.0 Å². The Bertz CT molecular complexity index is 406. The van der Waals surface area contributed by atoms with E-state index in [-0.39, 0.29) is 0 Å². The summed E-state index contributed by atoms with van der Waals surface area (Å²) in [6.07, 6.45) is 6.34. The monoisotopic (exact) mass is 250 g/mol. The second-order valence-corrected chi connectivity index (χ2v) is 4.97. The van der Waals surface area contributed by atoms with E-state index in [1.54, 1.807) is 6.07 Å². The summed E-state index contributed by atoms with van der Waals surface area (Å²) in [5.74, 6) is -0.807. The Morgan fingerprint density at radius 2 is 2.06 bits per heavy atom. The lowest BCUT2D eigenvalue weighted by Gasteiger charge is -2.16. The van der Waals surface area contributed by atoms with Crippen molar-refractivity contribution in [2.75, 3.05) is 19.6 Å². The molecule has 0 unspecified atom stereocenters. The first kappa shape index (κ1) is 13.1. The number of hydrogen-bond acceptors (Lipinski definition) is 2. The maximum atomic E-state index is 11.1. The third kappa shape index (κ3) is 2.93. The van der Waals surface area contributed by atoms with Crippen LogP contribution >= 0.6 is 0 Å². The summed E-state index contributed by atoms with van der Waals surface area (Å²) in [5.41, 5.74) is 1.45. The van der Waals surface area contributed by atoms with Crippen molar-refractivity contribution in [2.45, 2.75) is 39.2 Å². The van der Waals surface area contributed by atoms with E-state index < -0.39 is 5.97 Å². The Morgan fingerprint density at radius 3 is 2.67 bits per heavy atom. The van der Waals surface area contributed by atoms with Gasteiger partial charge in [-0.2, -0.15) is 0 Å². The van der Waals surface area contributed by atoms with E-state index in [2.05, 4.69) is 16.4 Å². The molecule has 0 saturated carbocycles. The largest absolute Gasteiger partial charge is 0.478 e. The molecule has 0 bridgehead atoms. The van der Waals surface area contributed by atoms with Crippen LogP contribution in [-0.4, -0.2) is 40.2 Å². The van der Waals surface area contributed by atoms with Crippen molar-refractivity contribution in [3.05, 3.63) is 23.5 Å². The Kier molecular flexibility index (Phi) is 4.42. The van der Waals surface area contributed by atoms with Gasteiger partial charge in [-0.15, -0.1) is 0 Å². The summed E-state index contributed by atoms with van der Waals surface area (Å²) < 4.78 is 2.12. The molecule has 2 heterocycles. The molecule has 100 valence electrons. The van der Waals surface area contributed by atoms with E-state index in [4.69, 9.17) is 5.11 Å². The van der Waals surface area contributed by atoms with Crippen LogP contribution in [0.2, 0.25) is 0 Å². The summed E-state index contributed by atoms with van der Waals surface area (Å²) in [7, 11) is 0. The molecule has 0 aromatic carbocycles. The molecule has 1 fully saturated rings. The topological polar surface area (TPSA) is 45.5 Å². The highest BCUT2D eigenvalue weighted by molar-refractivity contribution is 5.89. The molecule has 4 nitrogen and oxygen atoms in total. The molecular formula is C14H22N2O2. The van der Waals surface area contributed by atoms with Gasteiger partial charge in [0.25, 0.3) is 0 Å². The highest BCUT2D eigenvalue weighted by Gasteiger charge is 2.16. The van der Waals surface area contributed by atoms with Gasteiger partial charge in [-0.3, -0.25) is 0 Å². The summed E-state index contributed by atoms with van der Waals surface area (Å²) >= 11 is 0. The number of aromatic carboxylic acids is 1. The van der Waals surface area contributed by atoms with E-state index in [0.29, 0.717) is 5.56 Å². The van der Waals surface area contributed by atoms with Crippen LogP contribution in [0.25, 0.3) is 0 Å². The average molecular weight is 250 g/mol. The van der Waals surface area contributed by atoms with Crippen molar-refractivity contribution in [1.82, 2.24) is 9.47 Å². The summed E-state index contributed by atoms with van der Waals surface area (Å²) in [6, 6.07) is 1.73. The van der Waals surface area contributed by atoms with Gasteiger partial charge in [0.15, 0.2) is 0 Å². The van der Waals surface area contributed by atoms with Gasteiger partial charge in [0.1, 0.15) is 0 Å². The van der Waals surface area contributed by atoms with Gasteiger partial charge in [-0.1, -0.05) is 13.3 Å². The quantitative estimate of drug-likeness (QED) is 0.842. The number of carboxylic acid groups (broad SMARTS) is 1. The van der Waals surface area contributed by atoms with Crippen LogP contribution in [0.4, 0.5) is 0 Å². The predicted octanol–water partition coefficient (Wildman–Crippen LogP) is 2.23. The minimum atomic E-state index is -0.807. The number of rotatable bonds is 6. The minimum absolute atomic E-state index is 0.471. The zero-order chi connectivity index (χ0) is 13.0. The zero-order valence-corrected chi connectivity index (χ0v) is 11.1. The van der Waals surface area contributed by atoms with Crippen LogP contribution in [0, 0.1) is 0 Å². The zero-order valence-electron chi connectivity index (χ0n) is 11.1. The first-order chi connectivity index (χ1) is 8.72. The molecule has 1 aromatic rings. The molecule has 0 spiro atoms. The molecule has 0 atom stereocenters. The highest BCUT2D eigenvalue weighted by atomic mass is 16.4. The second-order valence-electron chi connectivity index (χ2n) is 4.97. The van der Waals surface area contributed by atoms with Crippen molar-refractivity contribution >= 4 is 5.97 Å². The molecule has 0 aliphatic carbocycles. The lowest BCUT2D eigenvalue weighted by molar-refractivity contribution is 0.0695. The van der Waals surface area contributed by atoms with Crippen LogP contribution in [0.5, 0.6) is 0 Å². The van der Waals surface area contributed by atoms with Crippen molar-refractivity contribution in [1.29, 1.82) is 0 Å². The number of carbonyl (C=O) groups is 1. The minimum Gasteiger partial charge on any atom is -0.478 e. The smallest absolute Gasteiger partial charge is 0.337 e. The lowest BCUT2D eigenvalue weighted by Crippen LogP contribution is -2.24. The maximum Gasteiger partial charge on any atom is 0.337 e. The van der Waals surface area contributed by atoms with Gasteiger partial charge in [-0.05, 0) is 38.4 Å². The standard InChI is InChI=1S/C14H22N2O2/c1-2-5-13-12(14(17)18)6-9-16(13)11-10-15-7-3-4-8-15/h6,9H,2-5,7-8,10-11H2,1H3,(H,17,18). The molecule has 1 saturated heterocycles. The summed E-state index contributed by atoms with van der Waals surface area (Å²) in [5, 5.41) is 9.16. The Labute approximate surface area is 108 Å². The van der Waals surface area contributed by atoms with Crippen molar-refractivity contribution < 1.29 is 9.90 Å². The predicted molar refractivity (Wildman–Crippen MR) is 71.1 cm³/mol. The van der Waals surface area contributed by atoms with Crippen molar-refractivity contribution in [2.24, 2.45) is 0 Å². The van der Waals surface area contributed by atoms with E-state index in [1.165, 1.54) is 25.9 Å². The fraction of sp³-hybridized carbons (Fsp3) is 0.643. The highest BCUT2D eigenvalue weighted by Crippen LogP contribution is 2.15. The fourth-order valence-electron chi connectivity index (χ4n) is 2.68.